The first kappa shape index (κ1) is 16.1. The van der Waals surface area contributed by atoms with E-state index in [4.69, 9.17) is 16.3 Å². The van der Waals surface area contributed by atoms with Crippen molar-refractivity contribution in [3.05, 3.63) is 64.0 Å². The quantitative estimate of drug-likeness (QED) is 0.844. The first-order chi connectivity index (χ1) is 11.0. The highest BCUT2D eigenvalue weighted by atomic mass is 35.5. The smallest absolute Gasteiger partial charge is 0.181 e. The van der Waals surface area contributed by atoms with Crippen LogP contribution in [0.3, 0.4) is 0 Å². The van der Waals surface area contributed by atoms with E-state index in [0.29, 0.717) is 0 Å². The zero-order valence-electron chi connectivity index (χ0n) is 13.2. The Morgan fingerprint density at radius 1 is 1.13 bits per heavy atom. The zero-order chi connectivity index (χ0) is 16.3. The molecule has 1 aliphatic rings. The molecule has 1 aliphatic heterocycles. The van der Waals surface area contributed by atoms with Gasteiger partial charge in [0.1, 0.15) is 11.4 Å². The van der Waals surface area contributed by atoms with Gasteiger partial charge in [0.15, 0.2) is 5.43 Å². The molecule has 0 amide bonds. The second kappa shape index (κ2) is 6.77. The SMILES string of the molecule is CC1(Oc2ccc(Cl)cc2)CCN(CCn2ccc(=O)cc2)C1. The maximum absolute atomic E-state index is 11.1. The standard InChI is InChI=1S/C18H21ClN2O2/c1-18(23-17-4-2-15(19)3-5-17)8-11-21(14-18)13-12-20-9-6-16(22)7-10-20/h2-7,9-10H,8,11-14H2,1H3. The summed E-state index contributed by atoms with van der Waals surface area (Å²) in [5.41, 5.74) is -0.122. The molecular formula is C18H21ClN2O2. The van der Waals surface area contributed by atoms with Crippen molar-refractivity contribution in [3.63, 3.8) is 0 Å². The molecule has 2 aromatic rings. The lowest BCUT2D eigenvalue weighted by atomic mass is 10.1. The van der Waals surface area contributed by atoms with Crippen LogP contribution < -0.4 is 10.2 Å². The lowest BCUT2D eigenvalue weighted by Gasteiger charge is -2.26. The van der Waals surface area contributed by atoms with Gasteiger partial charge in [-0.05, 0) is 31.2 Å². The number of likely N-dealkylation sites (tertiary alicyclic amines) is 1. The van der Waals surface area contributed by atoms with Crippen molar-refractivity contribution >= 4 is 11.6 Å². The number of nitrogens with zero attached hydrogens (tertiary/aromatic N) is 2. The predicted octanol–water partition coefficient (Wildman–Crippen LogP) is 3.05. The zero-order valence-corrected chi connectivity index (χ0v) is 14.0. The van der Waals surface area contributed by atoms with Gasteiger partial charge in [0.2, 0.25) is 0 Å². The molecule has 1 fully saturated rings. The van der Waals surface area contributed by atoms with Crippen LogP contribution in [0.4, 0.5) is 0 Å². The van der Waals surface area contributed by atoms with Crippen LogP contribution in [-0.2, 0) is 6.54 Å². The number of hydrogen-bond acceptors (Lipinski definition) is 3. The largest absolute Gasteiger partial charge is 0.486 e. The molecule has 23 heavy (non-hydrogen) atoms. The Morgan fingerprint density at radius 3 is 2.52 bits per heavy atom. The van der Waals surface area contributed by atoms with Crippen molar-refractivity contribution in [2.75, 3.05) is 19.6 Å². The third kappa shape index (κ3) is 4.36. The fourth-order valence-corrected chi connectivity index (χ4v) is 3.06. The topological polar surface area (TPSA) is 34.5 Å². The third-order valence-corrected chi connectivity index (χ3v) is 4.48. The predicted molar refractivity (Wildman–Crippen MR) is 92.2 cm³/mol. The molecule has 0 N–H and O–H groups in total. The minimum atomic E-state index is -0.169. The van der Waals surface area contributed by atoms with E-state index >= 15 is 0 Å². The van der Waals surface area contributed by atoms with E-state index < -0.39 is 0 Å². The van der Waals surface area contributed by atoms with Crippen LogP contribution in [0.15, 0.2) is 53.6 Å². The van der Waals surface area contributed by atoms with Crippen molar-refractivity contribution in [3.8, 4) is 5.75 Å². The number of aromatic nitrogens is 1. The van der Waals surface area contributed by atoms with Gasteiger partial charge in [0.05, 0.1) is 0 Å². The Hall–Kier alpha value is -1.78. The first-order valence-electron chi connectivity index (χ1n) is 7.86. The number of halogens is 1. The van der Waals surface area contributed by atoms with Crippen LogP contribution >= 0.6 is 11.6 Å². The summed E-state index contributed by atoms with van der Waals surface area (Å²) in [6.07, 6.45) is 4.67. The molecule has 2 heterocycles. The highest BCUT2D eigenvalue weighted by Crippen LogP contribution is 2.28. The first-order valence-corrected chi connectivity index (χ1v) is 8.23. The number of rotatable bonds is 5. The van der Waals surface area contributed by atoms with Gasteiger partial charge in [-0.2, -0.15) is 0 Å². The number of ether oxygens (including phenoxy) is 1. The van der Waals surface area contributed by atoms with E-state index in [1.807, 2.05) is 41.2 Å². The summed E-state index contributed by atoms with van der Waals surface area (Å²) in [6.45, 7) is 5.89. The summed E-state index contributed by atoms with van der Waals surface area (Å²) in [5.74, 6) is 0.860. The summed E-state index contributed by atoms with van der Waals surface area (Å²) in [7, 11) is 0. The molecule has 1 aromatic carbocycles. The molecule has 0 radical (unpaired) electrons. The summed E-state index contributed by atoms with van der Waals surface area (Å²) in [4.78, 5) is 13.5. The monoisotopic (exact) mass is 332 g/mol. The van der Waals surface area contributed by atoms with Crippen molar-refractivity contribution in [1.29, 1.82) is 0 Å². The number of benzene rings is 1. The average molecular weight is 333 g/mol. The molecule has 0 saturated carbocycles. The van der Waals surface area contributed by atoms with Crippen LogP contribution in [0.5, 0.6) is 5.75 Å². The van der Waals surface area contributed by atoms with E-state index in [1.54, 1.807) is 12.1 Å². The van der Waals surface area contributed by atoms with E-state index in [9.17, 15) is 4.79 Å². The highest BCUT2D eigenvalue weighted by Gasteiger charge is 2.35. The van der Waals surface area contributed by atoms with Gasteiger partial charge >= 0.3 is 0 Å². The normalized spacial score (nSPS) is 21.5. The maximum Gasteiger partial charge on any atom is 0.181 e. The van der Waals surface area contributed by atoms with Gasteiger partial charge in [-0.3, -0.25) is 9.69 Å². The maximum atomic E-state index is 11.1. The van der Waals surface area contributed by atoms with Gasteiger partial charge in [-0.25, -0.2) is 0 Å². The Bertz CT molecular complexity index is 693. The van der Waals surface area contributed by atoms with Crippen LogP contribution in [0.25, 0.3) is 0 Å². The summed E-state index contributed by atoms with van der Waals surface area (Å²) in [6, 6.07) is 10.7. The lowest BCUT2D eigenvalue weighted by molar-refractivity contribution is 0.0956. The summed E-state index contributed by atoms with van der Waals surface area (Å²) in [5, 5.41) is 0.719. The Morgan fingerprint density at radius 2 is 1.83 bits per heavy atom. The molecule has 1 unspecified atom stereocenters. The molecule has 4 nitrogen and oxygen atoms in total. The highest BCUT2D eigenvalue weighted by molar-refractivity contribution is 6.30. The van der Waals surface area contributed by atoms with Crippen molar-refractivity contribution < 1.29 is 4.74 Å². The van der Waals surface area contributed by atoms with Crippen molar-refractivity contribution in [2.24, 2.45) is 0 Å². The molecule has 3 rings (SSSR count). The van der Waals surface area contributed by atoms with Crippen LogP contribution in [0, 0.1) is 0 Å². The van der Waals surface area contributed by atoms with Crippen LogP contribution in [0.2, 0.25) is 5.02 Å². The number of pyridine rings is 1. The molecule has 5 heteroatoms. The molecule has 0 spiro atoms. The molecule has 0 aliphatic carbocycles. The fraction of sp³-hybridized carbons (Fsp3) is 0.389. The molecular weight excluding hydrogens is 312 g/mol. The van der Waals surface area contributed by atoms with E-state index in [1.165, 1.54) is 0 Å². The van der Waals surface area contributed by atoms with E-state index in [-0.39, 0.29) is 11.0 Å². The summed E-state index contributed by atoms with van der Waals surface area (Å²) >= 11 is 5.91. The minimum absolute atomic E-state index is 0.0476. The van der Waals surface area contributed by atoms with Crippen molar-refractivity contribution in [1.82, 2.24) is 9.47 Å². The van der Waals surface area contributed by atoms with Gasteiger partial charge < -0.3 is 9.30 Å². The molecule has 0 bridgehead atoms. The average Bonchev–Trinajstić information content (AvgIpc) is 2.90. The minimum Gasteiger partial charge on any atom is -0.486 e. The van der Waals surface area contributed by atoms with Gasteiger partial charge in [0.25, 0.3) is 0 Å². The fourth-order valence-electron chi connectivity index (χ4n) is 2.94. The van der Waals surface area contributed by atoms with Gasteiger partial charge in [-0.1, -0.05) is 11.6 Å². The molecule has 1 atom stereocenters. The van der Waals surface area contributed by atoms with E-state index in [2.05, 4.69) is 11.8 Å². The number of hydrogen-bond donors (Lipinski definition) is 0. The Kier molecular flexibility index (Phi) is 4.74. The van der Waals surface area contributed by atoms with Crippen molar-refractivity contribution in [2.45, 2.75) is 25.5 Å². The third-order valence-electron chi connectivity index (χ3n) is 4.23. The Balaban J connectivity index is 1.53. The second-order valence-electron chi connectivity index (χ2n) is 6.30. The van der Waals surface area contributed by atoms with Crippen LogP contribution in [0.1, 0.15) is 13.3 Å². The molecule has 1 aromatic heterocycles. The van der Waals surface area contributed by atoms with Crippen LogP contribution in [-0.4, -0.2) is 34.7 Å². The van der Waals surface area contributed by atoms with E-state index in [0.717, 1.165) is 43.4 Å². The van der Waals surface area contributed by atoms with Gasteiger partial charge in [-0.15, -0.1) is 0 Å². The molecule has 122 valence electrons. The summed E-state index contributed by atoms with van der Waals surface area (Å²) < 4.78 is 8.21. The van der Waals surface area contributed by atoms with Gasteiger partial charge in [0, 0.05) is 62.1 Å². The second-order valence-corrected chi connectivity index (χ2v) is 6.74. The molecule has 1 saturated heterocycles. The Labute approximate surface area is 141 Å². The lowest BCUT2D eigenvalue weighted by Crippen LogP contribution is -2.37.